The Bertz CT molecular complexity index is 391. The summed E-state index contributed by atoms with van der Waals surface area (Å²) in [5.74, 6) is 0. The summed E-state index contributed by atoms with van der Waals surface area (Å²) in [5.41, 5.74) is 0. The van der Waals surface area contributed by atoms with Gasteiger partial charge in [0.15, 0.2) is 0 Å². The molecule has 0 radical (unpaired) electrons. The lowest BCUT2D eigenvalue weighted by atomic mass is 10.3. The summed E-state index contributed by atoms with van der Waals surface area (Å²) in [4.78, 5) is 0. The predicted octanol–water partition coefficient (Wildman–Crippen LogP) is 0.272. The molecule has 0 aliphatic carbocycles. The van der Waals surface area contributed by atoms with E-state index in [2.05, 4.69) is 8.37 Å². The molecule has 0 amide bonds. The first-order valence-electron chi connectivity index (χ1n) is 4.44. The third kappa shape index (κ3) is 10.1. The average Bonchev–Trinajstić information content (AvgIpc) is 1.94. The van der Waals surface area contributed by atoms with Crippen LogP contribution < -0.4 is 0 Å². The SMILES string of the molecule is CC(/C=C/C(C)OS(C)(=O)=O)OS(C)(=O)=O. The maximum atomic E-state index is 10.7. The molecule has 6 nitrogen and oxygen atoms in total. The van der Waals surface area contributed by atoms with Gasteiger partial charge in [-0.2, -0.15) is 16.8 Å². The van der Waals surface area contributed by atoms with Crippen molar-refractivity contribution in [3.63, 3.8) is 0 Å². The highest BCUT2D eigenvalue weighted by Gasteiger charge is 2.09. The molecule has 16 heavy (non-hydrogen) atoms. The molecular formula is C8H16O6S2. The van der Waals surface area contributed by atoms with E-state index in [1.165, 1.54) is 26.0 Å². The number of hydrogen-bond donors (Lipinski definition) is 0. The van der Waals surface area contributed by atoms with Crippen LogP contribution in [0.25, 0.3) is 0 Å². The zero-order valence-corrected chi connectivity index (χ0v) is 11.2. The van der Waals surface area contributed by atoms with Crippen LogP contribution in [-0.4, -0.2) is 41.6 Å². The topological polar surface area (TPSA) is 86.7 Å². The van der Waals surface area contributed by atoms with Gasteiger partial charge in [-0.15, -0.1) is 0 Å². The molecule has 0 aromatic heterocycles. The van der Waals surface area contributed by atoms with Crippen molar-refractivity contribution in [3.8, 4) is 0 Å². The Labute approximate surface area is 96.5 Å². The molecule has 0 N–H and O–H groups in total. The normalized spacial score (nSPS) is 17.5. The molecule has 0 aliphatic rings. The van der Waals surface area contributed by atoms with Gasteiger partial charge in [0.2, 0.25) is 0 Å². The second kappa shape index (κ2) is 5.76. The van der Waals surface area contributed by atoms with Gasteiger partial charge in [-0.25, -0.2) is 0 Å². The van der Waals surface area contributed by atoms with E-state index in [0.29, 0.717) is 0 Å². The van der Waals surface area contributed by atoms with Crippen molar-refractivity contribution in [2.75, 3.05) is 12.5 Å². The Morgan fingerprint density at radius 3 is 1.25 bits per heavy atom. The molecule has 0 rings (SSSR count). The van der Waals surface area contributed by atoms with Crippen molar-refractivity contribution in [1.29, 1.82) is 0 Å². The molecule has 8 heteroatoms. The number of hydrogen-bond acceptors (Lipinski definition) is 6. The fourth-order valence-corrected chi connectivity index (χ4v) is 2.16. The smallest absolute Gasteiger partial charge is 0.263 e. The summed E-state index contributed by atoms with van der Waals surface area (Å²) >= 11 is 0. The van der Waals surface area contributed by atoms with Gasteiger partial charge < -0.3 is 0 Å². The fourth-order valence-electron chi connectivity index (χ4n) is 0.929. The monoisotopic (exact) mass is 272 g/mol. The van der Waals surface area contributed by atoms with E-state index < -0.39 is 32.4 Å². The summed E-state index contributed by atoms with van der Waals surface area (Å²) < 4.78 is 52.1. The van der Waals surface area contributed by atoms with Crippen molar-refractivity contribution >= 4 is 20.2 Å². The standard InChI is InChI=1S/C8H16O6S2/c1-7(13-15(3,9)10)5-6-8(2)14-16(4,11)12/h5-8H,1-4H3/b6-5+. The van der Waals surface area contributed by atoms with E-state index in [1.54, 1.807) is 0 Å². The van der Waals surface area contributed by atoms with E-state index in [0.717, 1.165) is 12.5 Å². The summed E-state index contributed by atoms with van der Waals surface area (Å²) in [6, 6.07) is 0. The molecule has 0 fully saturated rings. The van der Waals surface area contributed by atoms with Gasteiger partial charge in [-0.1, -0.05) is 12.2 Å². The van der Waals surface area contributed by atoms with Gasteiger partial charge in [0, 0.05) is 0 Å². The molecule has 2 atom stereocenters. The van der Waals surface area contributed by atoms with E-state index in [1.807, 2.05) is 0 Å². The third-order valence-electron chi connectivity index (χ3n) is 1.31. The average molecular weight is 272 g/mol. The van der Waals surface area contributed by atoms with Crippen LogP contribution in [0.15, 0.2) is 12.2 Å². The second-order valence-electron chi connectivity index (χ2n) is 3.40. The Kier molecular flexibility index (Phi) is 5.60. The minimum Gasteiger partial charge on any atom is -0.263 e. The van der Waals surface area contributed by atoms with Crippen LogP contribution in [0.4, 0.5) is 0 Å². The fraction of sp³-hybridized carbons (Fsp3) is 0.750. The van der Waals surface area contributed by atoms with E-state index in [-0.39, 0.29) is 0 Å². The minimum atomic E-state index is -3.52. The van der Waals surface area contributed by atoms with Crippen LogP contribution in [0.3, 0.4) is 0 Å². The van der Waals surface area contributed by atoms with Crippen molar-refractivity contribution < 1.29 is 25.2 Å². The quantitative estimate of drug-likeness (QED) is 0.509. The van der Waals surface area contributed by atoms with Crippen LogP contribution in [0.1, 0.15) is 13.8 Å². The zero-order valence-electron chi connectivity index (χ0n) is 9.58. The van der Waals surface area contributed by atoms with Crippen molar-refractivity contribution in [2.45, 2.75) is 26.1 Å². The summed E-state index contributed by atoms with van der Waals surface area (Å²) in [6.45, 7) is 3.04. The van der Waals surface area contributed by atoms with Crippen molar-refractivity contribution in [3.05, 3.63) is 12.2 Å². The van der Waals surface area contributed by atoms with E-state index >= 15 is 0 Å². The largest absolute Gasteiger partial charge is 0.264 e. The third-order valence-corrected chi connectivity index (χ3v) is 2.61. The lowest BCUT2D eigenvalue weighted by molar-refractivity contribution is 0.262. The summed E-state index contributed by atoms with van der Waals surface area (Å²) in [7, 11) is -7.03. The highest BCUT2D eigenvalue weighted by Crippen LogP contribution is 2.03. The van der Waals surface area contributed by atoms with Crippen LogP contribution >= 0.6 is 0 Å². The van der Waals surface area contributed by atoms with Crippen LogP contribution in [-0.2, 0) is 28.6 Å². The summed E-state index contributed by atoms with van der Waals surface area (Å²) in [5, 5.41) is 0. The highest BCUT2D eigenvalue weighted by atomic mass is 32.2. The van der Waals surface area contributed by atoms with Crippen LogP contribution in [0.2, 0.25) is 0 Å². The Morgan fingerprint density at radius 1 is 0.812 bits per heavy atom. The number of rotatable bonds is 6. The Morgan fingerprint density at radius 2 is 1.06 bits per heavy atom. The first kappa shape index (κ1) is 15.6. The van der Waals surface area contributed by atoms with Crippen LogP contribution in [0, 0.1) is 0 Å². The molecule has 0 aliphatic heterocycles. The zero-order chi connectivity index (χ0) is 13.0. The second-order valence-corrected chi connectivity index (χ2v) is 6.60. The molecule has 0 spiro atoms. The minimum absolute atomic E-state index is 0.666. The lowest BCUT2D eigenvalue weighted by Crippen LogP contribution is -2.14. The van der Waals surface area contributed by atoms with Gasteiger partial charge in [0.25, 0.3) is 20.2 Å². The van der Waals surface area contributed by atoms with Gasteiger partial charge in [0.1, 0.15) is 0 Å². The van der Waals surface area contributed by atoms with Gasteiger partial charge >= 0.3 is 0 Å². The molecule has 0 aromatic carbocycles. The lowest BCUT2D eigenvalue weighted by Gasteiger charge is -2.08. The first-order chi connectivity index (χ1) is 6.99. The maximum absolute atomic E-state index is 10.7. The first-order valence-corrected chi connectivity index (χ1v) is 8.08. The van der Waals surface area contributed by atoms with Gasteiger partial charge in [-0.3, -0.25) is 8.37 Å². The van der Waals surface area contributed by atoms with E-state index in [4.69, 9.17) is 0 Å². The molecule has 2 unspecified atom stereocenters. The van der Waals surface area contributed by atoms with Gasteiger partial charge in [-0.05, 0) is 13.8 Å². The molecular weight excluding hydrogens is 256 g/mol. The molecule has 0 heterocycles. The van der Waals surface area contributed by atoms with Crippen LogP contribution in [0.5, 0.6) is 0 Å². The Balaban J connectivity index is 4.29. The highest BCUT2D eigenvalue weighted by molar-refractivity contribution is 7.86. The van der Waals surface area contributed by atoms with Crippen molar-refractivity contribution in [2.24, 2.45) is 0 Å². The maximum Gasteiger partial charge on any atom is 0.264 e. The molecule has 96 valence electrons. The molecule has 0 saturated heterocycles. The van der Waals surface area contributed by atoms with Gasteiger partial charge in [0.05, 0.1) is 24.7 Å². The summed E-state index contributed by atoms with van der Waals surface area (Å²) in [6.07, 6.45) is 3.37. The molecule has 0 saturated carbocycles. The van der Waals surface area contributed by atoms with E-state index in [9.17, 15) is 16.8 Å². The molecule has 0 aromatic rings. The Hall–Kier alpha value is -0.440. The molecule has 0 bridgehead atoms. The predicted molar refractivity (Wildman–Crippen MR) is 59.9 cm³/mol. The van der Waals surface area contributed by atoms with Crippen molar-refractivity contribution in [1.82, 2.24) is 0 Å².